The summed E-state index contributed by atoms with van der Waals surface area (Å²) < 4.78 is 48.1. The van der Waals surface area contributed by atoms with Gasteiger partial charge in [0.1, 0.15) is 6.61 Å². The Labute approximate surface area is 163 Å². The molecular formula is C23H25F3O2. The van der Waals surface area contributed by atoms with Gasteiger partial charge in [-0.3, -0.25) is 0 Å². The molecule has 1 aliphatic carbocycles. The quantitative estimate of drug-likeness (QED) is 0.598. The molecule has 1 saturated carbocycles. The smallest absolute Gasteiger partial charge is 0.165 e. The van der Waals surface area contributed by atoms with E-state index in [0.29, 0.717) is 18.4 Å². The average Bonchev–Trinajstić information content (AvgIpc) is 2.69. The highest BCUT2D eigenvalue weighted by Gasteiger charge is 2.28. The van der Waals surface area contributed by atoms with Crippen molar-refractivity contribution in [2.45, 2.75) is 50.5 Å². The second kappa shape index (κ2) is 8.82. The number of ether oxygens (including phenoxy) is 1. The van der Waals surface area contributed by atoms with Crippen LogP contribution in [0.2, 0.25) is 0 Å². The molecular weight excluding hydrogens is 365 g/mol. The highest BCUT2D eigenvalue weighted by Crippen LogP contribution is 2.42. The summed E-state index contributed by atoms with van der Waals surface area (Å²) in [4.78, 5) is 0. The fraction of sp³-hybridized carbons (Fsp3) is 0.391. The van der Waals surface area contributed by atoms with Gasteiger partial charge in [-0.2, -0.15) is 0 Å². The number of aliphatic hydroxyl groups is 1. The van der Waals surface area contributed by atoms with E-state index in [4.69, 9.17) is 4.74 Å². The SMILES string of the molecule is C=CCOc1ccc(C2CCC(c3ccc(C(C)O)c(F)c3F)CC2)cc1F. The Hall–Kier alpha value is -2.27. The van der Waals surface area contributed by atoms with Crippen molar-refractivity contribution in [2.24, 2.45) is 0 Å². The molecule has 0 bridgehead atoms. The maximum absolute atomic E-state index is 14.5. The van der Waals surface area contributed by atoms with Crippen LogP contribution in [0, 0.1) is 17.5 Å². The number of aliphatic hydroxyl groups excluding tert-OH is 1. The van der Waals surface area contributed by atoms with Gasteiger partial charge in [0.2, 0.25) is 0 Å². The number of hydrogen-bond acceptors (Lipinski definition) is 2. The summed E-state index contributed by atoms with van der Waals surface area (Å²) in [6.07, 6.45) is 3.46. The fourth-order valence-electron chi connectivity index (χ4n) is 3.99. The van der Waals surface area contributed by atoms with Crippen LogP contribution in [-0.4, -0.2) is 11.7 Å². The van der Waals surface area contributed by atoms with Crippen molar-refractivity contribution in [1.82, 2.24) is 0 Å². The third-order valence-corrected chi connectivity index (χ3v) is 5.54. The van der Waals surface area contributed by atoms with Crippen LogP contribution in [0.15, 0.2) is 43.0 Å². The molecule has 1 N–H and O–H groups in total. The lowest BCUT2D eigenvalue weighted by molar-refractivity contribution is 0.192. The lowest BCUT2D eigenvalue weighted by Crippen LogP contribution is -2.15. The summed E-state index contributed by atoms with van der Waals surface area (Å²) in [7, 11) is 0. The first-order valence-electron chi connectivity index (χ1n) is 9.61. The van der Waals surface area contributed by atoms with Crippen LogP contribution in [0.4, 0.5) is 13.2 Å². The highest BCUT2D eigenvalue weighted by atomic mass is 19.2. The summed E-state index contributed by atoms with van der Waals surface area (Å²) in [5, 5.41) is 9.53. The summed E-state index contributed by atoms with van der Waals surface area (Å²) in [5.74, 6) is -1.92. The highest BCUT2D eigenvalue weighted by molar-refractivity contribution is 5.33. The van der Waals surface area contributed by atoms with Gasteiger partial charge >= 0.3 is 0 Å². The van der Waals surface area contributed by atoms with Crippen LogP contribution in [0.1, 0.15) is 67.2 Å². The Morgan fingerprint density at radius 3 is 2.36 bits per heavy atom. The summed E-state index contributed by atoms with van der Waals surface area (Å²) in [6, 6.07) is 8.04. The van der Waals surface area contributed by atoms with Gasteiger partial charge in [-0.05, 0) is 67.7 Å². The fourth-order valence-corrected chi connectivity index (χ4v) is 3.99. The zero-order chi connectivity index (χ0) is 20.3. The predicted molar refractivity (Wildman–Crippen MR) is 103 cm³/mol. The first-order valence-corrected chi connectivity index (χ1v) is 9.61. The molecule has 150 valence electrons. The first-order chi connectivity index (χ1) is 13.4. The lowest BCUT2D eigenvalue weighted by atomic mass is 9.76. The van der Waals surface area contributed by atoms with Gasteiger partial charge in [-0.25, -0.2) is 13.2 Å². The number of hydrogen-bond donors (Lipinski definition) is 1. The summed E-state index contributed by atoms with van der Waals surface area (Å²) >= 11 is 0. The molecule has 0 saturated heterocycles. The standard InChI is InChI=1S/C23H25F3O2/c1-3-12-28-21-11-8-17(13-20(21)24)15-4-6-16(7-5-15)19-10-9-18(14(2)27)22(25)23(19)26/h3,8-11,13-16,27H,1,4-7,12H2,2H3. The van der Waals surface area contributed by atoms with Gasteiger partial charge in [0, 0.05) is 5.56 Å². The van der Waals surface area contributed by atoms with E-state index < -0.39 is 23.6 Å². The summed E-state index contributed by atoms with van der Waals surface area (Å²) in [5.41, 5.74) is 1.24. The zero-order valence-electron chi connectivity index (χ0n) is 15.9. The van der Waals surface area contributed by atoms with Crippen LogP contribution in [0.25, 0.3) is 0 Å². The van der Waals surface area contributed by atoms with Crippen molar-refractivity contribution < 1.29 is 23.0 Å². The zero-order valence-corrected chi connectivity index (χ0v) is 15.9. The maximum Gasteiger partial charge on any atom is 0.165 e. The monoisotopic (exact) mass is 390 g/mol. The predicted octanol–water partition coefficient (Wildman–Crippen LogP) is 6.16. The largest absolute Gasteiger partial charge is 0.486 e. The minimum Gasteiger partial charge on any atom is -0.486 e. The van der Waals surface area contributed by atoms with Crippen LogP contribution in [0.3, 0.4) is 0 Å². The molecule has 1 unspecified atom stereocenters. The van der Waals surface area contributed by atoms with E-state index in [0.717, 1.165) is 18.4 Å². The molecule has 1 fully saturated rings. The molecule has 2 aromatic carbocycles. The van der Waals surface area contributed by atoms with Gasteiger partial charge in [0.05, 0.1) is 6.10 Å². The van der Waals surface area contributed by atoms with Crippen LogP contribution >= 0.6 is 0 Å². The Balaban J connectivity index is 1.69. The molecule has 2 nitrogen and oxygen atoms in total. The van der Waals surface area contributed by atoms with Crippen LogP contribution in [0.5, 0.6) is 5.75 Å². The molecule has 0 heterocycles. The Kier molecular flexibility index (Phi) is 6.45. The van der Waals surface area contributed by atoms with E-state index in [1.807, 2.05) is 6.07 Å². The molecule has 5 heteroatoms. The lowest BCUT2D eigenvalue weighted by Gasteiger charge is -2.29. The van der Waals surface area contributed by atoms with Gasteiger partial charge in [-0.15, -0.1) is 0 Å². The van der Waals surface area contributed by atoms with Gasteiger partial charge < -0.3 is 9.84 Å². The average molecular weight is 390 g/mol. The maximum atomic E-state index is 14.5. The van der Waals surface area contributed by atoms with Crippen molar-refractivity contribution in [3.05, 3.63) is 77.1 Å². The number of halogens is 3. The molecule has 1 atom stereocenters. The van der Waals surface area contributed by atoms with Crippen LogP contribution < -0.4 is 4.74 Å². The first kappa shape index (κ1) is 20.5. The Morgan fingerprint density at radius 1 is 1.07 bits per heavy atom. The number of benzene rings is 2. The Bertz CT molecular complexity index is 840. The summed E-state index contributed by atoms with van der Waals surface area (Å²) in [6.45, 7) is 5.20. The molecule has 28 heavy (non-hydrogen) atoms. The van der Waals surface area contributed by atoms with Crippen molar-refractivity contribution in [3.8, 4) is 5.75 Å². The van der Waals surface area contributed by atoms with Gasteiger partial charge in [0.15, 0.2) is 23.2 Å². The topological polar surface area (TPSA) is 29.5 Å². The minimum absolute atomic E-state index is 0.0239. The van der Waals surface area contributed by atoms with Crippen molar-refractivity contribution >= 4 is 0 Å². The molecule has 0 aliphatic heterocycles. The molecule has 2 aromatic rings. The van der Waals surface area contributed by atoms with Crippen molar-refractivity contribution in [3.63, 3.8) is 0 Å². The molecule has 0 amide bonds. The normalized spacial score (nSPS) is 20.6. The van der Waals surface area contributed by atoms with E-state index in [2.05, 4.69) is 6.58 Å². The van der Waals surface area contributed by atoms with Crippen molar-refractivity contribution in [2.75, 3.05) is 6.61 Å². The van der Waals surface area contributed by atoms with E-state index in [-0.39, 0.29) is 29.8 Å². The third-order valence-electron chi connectivity index (χ3n) is 5.54. The molecule has 0 spiro atoms. The third kappa shape index (κ3) is 4.25. The van der Waals surface area contributed by atoms with Gasteiger partial charge in [0.25, 0.3) is 0 Å². The second-order valence-corrected chi connectivity index (χ2v) is 7.39. The second-order valence-electron chi connectivity index (χ2n) is 7.39. The van der Waals surface area contributed by atoms with E-state index in [1.54, 1.807) is 18.2 Å². The molecule has 0 radical (unpaired) electrons. The van der Waals surface area contributed by atoms with Gasteiger partial charge in [-0.1, -0.05) is 30.9 Å². The van der Waals surface area contributed by atoms with E-state index in [9.17, 15) is 18.3 Å². The minimum atomic E-state index is -1.05. The number of rotatable bonds is 6. The van der Waals surface area contributed by atoms with Crippen molar-refractivity contribution in [1.29, 1.82) is 0 Å². The molecule has 0 aromatic heterocycles. The van der Waals surface area contributed by atoms with E-state index >= 15 is 0 Å². The molecule has 1 aliphatic rings. The van der Waals surface area contributed by atoms with Crippen LogP contribution in [-0.2, 0) is 0 Å². The molecule has 3 rings (SSSR count). The Morgan fingerprint density at radius 2 is 1.75 bits per heavy atom. The van der Waals surface area contributed by atoms with E-state index in [1.165, 1.54) is 19.1 Å².